The molecule has 2 aliphatic heterocycles. The molecule has 3 amide bonds. The lowest BCUT2D eigenvalue weighted by atomic mass is 9.92. The number of fused-ring (bicyclic) bond motifs is 2. The molecule has 0 saturated carbocycles. The van der Waals surface area contributed by atoms with Crippen LogP contribution in [0.4, 0.5) is 0 Å². The van der Waals surface area contributed by atoms with E-state index in [2.05, 4.69) is 15.9 Å². The standard InChI is InChI=1S/C23H17BrN2O3S/c24-15-11-20(30-13-15)23(29)25-10-9-14-5-1-2-6-16(14)19(25)12-26-21(27)17-7-3-4-8-18(17)22(26)28/h1-8,11,13,19H,9-10,12H2. The summed E-state index contributed by atoms with van der Waals surface area (Å²) in [6.45, 7) is 0.681. The van der Waals surface area contributed by atoms with Gasteiger partial charge in [-0.05, 0) is 51.7 Å². The highest BCUT2D eigenvalue weighted by Crippen LogP contribution is 2.35. The number of hydrogen-bond donors (Lipinski definition) is 0. The van der Waals surface area contributed by atoms with Crippen LogP contribution >= 0.6 is 27.3 Å². The zero-order chi connectivity index (χ0) is 20.8. The van der Waals surface area contributed by atoms with E-state index in [4.69, 9.17) is 0 Å². The maximum atomic E-state index is 13.3. The van der Waals surface area contributed by atoms with E-state index in [9.17, 15) is 14.4 Å². The van der Waals surface area contributed by atoms with Gasteiger partial charge in [-0.2, -0.15) is 0 Å². The van der Waals surface area contributed by atoms with Gasteiger partial charge in [0.15, 0.2) is 0 Å². The van der Waals surface area contributed by atoms with Crippen molar-refractivity contribution in [3.05, 3.63) is 91.6 Å². The lowest BCUT2D eigenvalue weighted by Crippen LogP contribution is -2.46. The van der Waals surface area contributed by atoms with E-state index in [0.29, 0.717) is 22.5 Å². The molecule has 3 aromatic rings. The van der Waals surface area contributed by atoms with Gasteiger partial charge in [0.1, 0.15) is 0 Å². The summed E-state index contributed by atoms with van der Waals surface area (Å²) in [5.41, 5.74) is 2.98. The zero-order valence-electron chi connectivity index (χ0n) is 15.9. The first-order valence-electron chi connectivity index (χ1n) is 9.62. The maximum absolute atomic E-state index is 13.3. The fourth-order valence-corrected chi connectivity index (χ4v) is 5.62. The fraction of sp³-hybridized carbons (Fsp3) is 0.174. The highest BCUT2D eigenvalue weighted by atomic mass is 79.9. The number of benzene rings is 2. The Morgan fingerprint density at radius 1 is 1.03 bits per heavy atom. The molecule has 1 atom stereocenters. The van der Waals surface area contributed by atoms with Crippen LogP contribution in [0.3, 0.4) is 0 Å². The van der Waals surface area contributed by atoms with Gasteiger partial charge >= 0.3 is 0 Å². The summed E-state index contributed by atoms with van der Waals surface area (Å²) in [4.78, 5) is 42.9. The van der Waals surface area contributed by atoms with Crippen LogP contribution < -0.4 is 0 Å². The third-order valence-electron chi connectivity index (χ3n) is 5.69. The van der Waals surface area contributed by atoms with E-state index in [1.54, 1.807) is 29.2 Å². The Hall–Kier alpha value is -2.77. The minimum atomic E-state index is -0.384. The summed E-state index contributed by atoms with van der Waals surface area (Å²) in [6.07, 6.45) is 0.743. The molecule has 0 fully saturated rings. The van der Waals surface area contributed by atoms with Gasteiger partial charge in [0.25, 0.3) is 17.7 Å². The summed E-state index contributed by atoms with van der Waals surface area (Å²) in [5.74, 6) is -0.684. The normalized spacial score (nSPS) is 17.8. The highest BCUT2D eigenvalue weighted by Gasteiger charge is 2.40. The van der Waals surface area contributed by atoms with E-state index in [0.717, 1.165) is 22.0 Å². The predicted octanol–water partition coefficient (Wildman–Crippen LogP) is 4.55. The van der Waals surface area contributed by atoms with Crippen molar-refractivity contribution in [1.82, 2.24) is 9.80 Å². The number of carbonyl (C=O) groups excluding carboxylic acids is 3. The molecule has 0 saturated heterocycles. The van der Waals surface area contributed by atoms with Crippen molar-refractivity contribution in [3.8, 4) is 0 Å². The molecule has 7 heteroatoms. The van der Waals surface area contributed by atoms with Crippen LogP contribution in [0.1, 0.15) is 47.6 Å². The molecule has 0 aliphatic carbocycles. The number of carbonyl (C=O) groups is 3. The van der Waals surface area contributed by atoms with Crippen molar-refractivity contribution < 1.29 is 14.4 Å². The molecule has 1 aromatic heterocycles. The van der Waals surface area contributed by atoms with Gasteiger partial charge in [-0.1, -0.05) is 36.4 Å². The highest BCUT2D eigenvalue weighted by molar-refractivity contribution is 9.10. The Kier molecular flexibility index (Phi) is 4.79. The van der Waals surface area contributed by atoms with E-state index in [1.807, 2.05) is 35.7 Å². The number of thiophene rings is 1. The van der Waals surface area contributed by atoms with Crippen LogP contribution in [0.15, 0.2) is 64.5 Å². The third-order valence-corrected chi connectivity index (χ3v) is 7.36. The Labute approximate surface area is 186 Å². The molecule has 5 rings (SSSR count). The van der Waals surface area contributed by atoms with Crippen molar-refractivity contribution in [2.24, 2.45) is 0 Å². The number of nitrogens with zero attached hydrogens (tertiary/aromatic N) is 2. The molecule has 0 N–H and O–H groups in total. The lowest BCUT2D eigenvalue weighted by Gasteiger charge is -2.38. The lowest BCUT2D eigenvalue weighted by molar-refractivity contribution is 0.0505. The Morgan fingerprint density at radius 2 is 1.70 bits per heavy atom. The molecule has 0 spiro atoms. The molecular weight excluding hydrogens is 464 g/mol. The van der Waals surface area contributed by atoms with Crippen LogP contribution in [-0.4, -0.2) is 40.6 Å². The molecular formula is C23H17BrN2O3S. The van der Waals surface area contributed by atoms with E-state index in [-0.39, 0.29) is 30.3 Å². The topological polar surface area (TPSA) is 57.7 Å². The molecule has 2 aromatic carbocycles. The molecule has 5 nitrogen and oxygen atoms in total. The first-order chi connectivity index (χ1) is 14.5. The fourth-order valence-electron chi connectivity index (χ4n) is 4.24. The van der Waals surface area contributed by atoms with Gasteiger partial charge in [0, 0.05) is 16.4 Å². The van der Waals surface area contributed by atoms with Gasteiger partial charge in [-0.25, -0.2) is 0 Å². The molecule has 1 unspecified atom stereocenters. The van der Waals surface area contributed by atoms with Gasteiger partial charge in [0.2, 0.25) is 0 Å². The molecule has 0 bridgehead atoms. The summed E-state index contributed by atoms with van der Waals surface area (Å²) in [5, 5.41) is 1.88. The summed E-state index contributed by atoms with van der Waals surface area (Å²) in [6, 6.07) is 16.2. The average molecular weight is 481 g/mol. The van der Waals surface area contributed by atoms with E-state index >= 15 is 0 Å². The Bertz CT molecular complexity index is 1150. The van der Waals surface area contributed by atoms with Crippen LogP contribution in [0.5, 0.6) is 0 Å². The minimum Gasteiger partial charge on any atom is -0.329 e. The minimum absolute atomic E-state index is 0.0817. The number of imide groups is 1. The molecule has 150 valence electrons. The van der Waals surface area contributed by atoms with Crippen molar-refractivity contribution in [3.63, 3.8) is 0 Å². The quantitative estimate of drug-likeness (QED) is 0.516. The first-order valence-corrected chi connectivity index (χ1v) is 11.3. The molecule has 0 radical (unpaired) electrons. The van der Waals surface area contributed by atoms with E-state index < -0.39 is 0 Å². The maximum Gasteiger partial charge on any atom is 0.264 e. The second-order valence-electron chi connectivity index (χ2n) is 7.36. The number of rotatable bonds is 3. The van der Waals surface area contributed by atoms with Gasteiger partial charge < -0.3 is 4.90 Å². The largest absolute Gasteiger partial charge is 0.329 e. The summed E-state index contributed by atoms with van der Waals surface area (Å²) in [7, 11) is 0. The molecule has 30 heavy (non-hydrogen) atoms. The zero-order valence-corrected chi connectivity index (χ0v) is 18.3. The van der Waals surface area contributed by atoms with Crippen molar-refractivity contribution in [2.75, 3.05) is 13.1 Å². The number of halogens is 1. The second-order valence-corrected chi connectivity index (χ2v) is 9.19. The monoisotopic (exact) mass is 480 g/mol. The SMILES string of the molecule is O=C1c2ccccc2C(=O)N1CC1c2ccccc2CCN1C(=O)c1cc(Br)cs1. The van der Waals surface area contributed by atoms with Crippen LogP contribution in [0.25, 0.3) is 0 Å². The van der Waals surface area contributed by atoms with Crippen molar-refractivity contribution in [1.29, 1.82) is 0 Å². The van der Waals surface area contributed by atoms with Gasteiger partial charge in [-0.15, -0.1) is 11.3 Å². The smallest absolute Gasteiger partial charge is 0.264 e. The van der Waals surface area contributed by atoms with Crippen molar-refractivity contribution in [2.45, 2.75) is 12.5 Å². The molecule has 2 aliphatic rings. The summed E-state index contributed by atoms with van der Waals surface area (Å²) >= 11 is 4.79. The average Bonchev–Trinajstić information content (AvgIpc) is 3.31. The number of amides is 3. The summed E-state index contributed by atoms with van der Waals surface area (Å²) < 4.78 is 0.866. The number of hydrogen-bond acceptors (Lipinski definition) is 4. The van der Waals surface area contributed by atoms with Crippen LogP contribution in [0.2, 0.25) is 0 Å². The van der Waals surface area contributed by atoms with Crippen LogP contribution in [0, 0.1) is 0 Å². The predicted molar refractivity (Wildman–Crippen MR) is 118 cm³/mol. The van der Waals surface area contributed by atoms with E-state index in [1.165, 1.54) is 16.2 Å². The Balaban J connectivity index is 1.52. The Morgan fingerprint density at radius 3 is 2.37 bits per heavy atom. The van der Waals surface area contributed by atoms with Crippen LogP contribution in [-0.2, 0) is 6.42 Å². The third kappa shape index (κ3) is 3.09. The first kappa shape index (κ1) is 19.2. The van der Waals surface area contributed by atoms with Gasteiger partial charge in [0.05, 0.1) is 28.6 Å². The molecule has 3 heterocycles. The second kappa shape index (κ2) is 7.49. The van der Waals surface area contributed by atoms with Crippen molar-refractivity contribution >= 4 is 45.0 Å². The van der Waals surface area contributed by atoms with Gasteiger partial charge in [-0.3, -0.25) is 19.3 Å².